The maximum atomic E-state index is 11.9. The normalized spacial score (nSPS) is 12.0. The van der Waals surface area contributed by atoms with Gasteiger partial charge in [0.05, 0.1) is 7.11 Å². The highest BCUT2D eigenvalue weighted by Gasteiger charge is 2.22. The van der Waals surface area contributed by atoms with Gasteiger partial charge < -0.3 is 10.1 Å². The van der Waals surface area contributed by atoms with Crippen molar-refractivity contribution in [2.45, 2.75) is 45.6 Å². The van der Waals surface area contributed by atoms with Crippen molar-refractivity contribution in [2.75, 3.05) is 7.11 Å². The lowest BCUT2D eigenvalue weighted by Crippen LogP contribution is -2.42. The van der Waals surface area contributed by atoms with Gasteiger partial charge in [-0.2, -0.15) is 0 Å². The molecule has 1 atom stereocenters. The molecule has 1 heterocycles. The van der Waals surface area contributed by atoms with Crippen molar-refractivity contribution in [1.29, 1.82) is 0 Å². The van der Waals surface area contributed by atoms with Crippen LogP contribution in [0.15, 0.2) is 24.4 Å². The molecule has 5 nitrogen and oxygen atoms in total. The van der Waals surface area contributed by atoms with E-state index in [2.05, 4.69) is 10.3 Å². The monoisotopic (exact) mass is 292 g/mol. The minimum Gasteiger partial charge on any atom is -0.467 e. The molecule has 0 aliphatic carbocycles. The van der Waals surface area contributed by atoms with Gasteiger partial charge in [0.25, 0.3) is 0 Å². The summed E-state index contributed by atoms with van der Waals surface area (Å²) in [5.41, 5.74) is 0.969. The minimum absolute atomic E-state index is 0.123. The van der Waals surface area contributed by atoms with Gasteiger partial charge in [-0.05, 0) is 37.3 Å². The molecule has 1 unspecified atom stereocenters. The summed E-state index contributed by atoms with van der Waals surface area (Å²) in [5, 5.41) is 2.75. The maximum Gasteiger partial charge on any atom is 0.328 e. The number of aromatic nitrogens is 1. The molecule has 0 radical (unpaired) electrons. The molecule has 116 valence electrons. The van der Waals surface area contributed by atoms with Crippen molar-refractivity contribution < 1.29 is 14.3 Å². The molecule has 5 heteroatoms. The van der Waals surface area contributed by atoms with E-state index < -0.39 is 6.04 Å². The Morgan fingerprint density at radius 1 is 1.33 bits per heavy atom. The Kier molecular flexibility index (Phi) is 7.43. The summed E-state index contributed by atoms with van der Waals surface area (Å²) in [7, 11) is 1.34. The van der Waals surface area contributed by atoms with Crippen LogP contribution in [0.1, 0.15) is 38.8 Å². The van der Waals surface area contributed by atoms with E-state index in [0.29, 0.717) is 25.2 Å². The number of carbonyl (C=O) groups excluding carboxylic acids is 2. The first-order chi connectivity index (χ1) is 10.0. The van der Waals surface area contributed by atoms with Crippen molar-refractivity contribution in [3.8, 4) is 0 Å². The third kappa shape index (κ3) is 6.88. The predicted molar refractivity (Wildman–Crippen MR) is 80.6 cm³/mol. The van der Waals surface area contributed by atoms with Gasteiger partial charge in [0.15, 0.2) is 0 Å². The van der Waals surface area contributed by atoms with Crippen LogP contribution in [-0.2, 0) is 20.7 Å². The number of methoxy groups -OCH3 is 1. The lowest BCUT2D eigenvalue weighted by atomic mass is 10.0. The second-order valence-electron chi connectivity index (χ2n) is 5.45. The van der Waals surface area contributed by atoms with E-state index in [0.717, 1.165) is 12.1 Å². The lowest BCUT2D eigenvalue weighted by Gasteiger charge is -2.18. The molecule has 1 N–H and O–H groups in total. The van der Waals surface area contributed by atoms with Crippen LogP contribution in [-0.4, -0.2) is 30.0 Å². The first-order valence-corrected chi connectivity index (χ1v) is 7.30. The molecule has 0 bridgehead atoms. The summed E-state index contributed by atoms with van der Waals surface area (Å²) >= 11 is 0. The van der Waals surface area contributed by atoms with Gasteiger partial charge in [0.2, 0.25) is 5.91 Å². The van der Waals surface area contributed by atoms with E-state index in [9.17, 15) is 9.59 Å². The topological polar surface area (TPSA) is 68.3 Å². The van der Waals surface area contributed by atoms with Gasteiger partial charge >= 0.3 is 5.97 Å². The molecule has 1 rings (SSSR count). The minimum atomic E-state index is -0.558. The van der Waals surface area contributed by atoms with Gasteiger partial charge in [-0.1, -0.05) is 19.9 Å². The summed E-state index contributed by atoms with van der Waals surface area (Å²) in [6.07, 6.45) is 4.16. The van der Waals surface area contributed by atoms with E-state index in [1.54, 1.807) is 6.20 Å². The third-order valence-electron chi connectivity index (χ3n) is 3.09. The average Bonchev–Trinajstić information content (AvgIpc) is 2.46. The Bertz CT molecular complexity index is 446. The molecular weight excluding hydrogens is 268 g/mol. The van der Waals surface area contributed by atoms with Crippen LogP contribution >= 0.6 is 0 Å². The number of hydrogen-bond donors (Lipinski definition) is 1. The molecule has 0 aromatic carbocycles. The highest BCUT2D eigenvalue weighted by molar-refractivity contribution is 5.84. The summed E-state index contributed by atoms with van der Waals surface area (Å²) < 4.78 is 4.72. The standard InChI is InChI=1S/C16H24N2O3/c1-12(2)11-14(16(20)21-3)18-15(19)9-6-8-13-7-4-5-10-17-13/h4-5,7,10,12,14H,6,8-9,11H2,1-3H3,(H,18,19). The molecule has 0 saturated carbocycles. The molecule has 0 aliphatic rings. The van der Waals surface area contributed by atoms with Gasteiger partial charge in [-0.3, -0.25) is 9.78 Å². The number of pyridine rings is 1. The molecule has 0 spiro atoms. The van der Waals surface area contributed by atoms with Gasteiger partial charge in [-0.15, -0.1) is 0 Å². The number of esters is 1. The molecule has 21 heavy (non-hydrogen) atoms. The highest BCUT2D eigenvalue weighted by Crippen LogP contribution is 2.07. The molecular formula is C16H24N2O3. The van der Waals surface area contributed by atoms with Gasteiger partial charge in [-0.25, -0.2) is 4.79 Å². The summed E-state index contributed by atoms with van der Waals surface area (Å²) in [4.78, 5) is 27.7. The van der Waals surface area contributed by atoms with Crippen LogP contribution in [0, 0.1) is 5.92 Å². The summed E-state index contributed by atoms with van der Waals surface area (Å²) in [6.45, 7) is 4.01. The van der Waals surface area contributed by atoms with Crippen LogP contribution in [0.5, 0.6) is 0 Å². The Hall–Kier alpha value is -1.91. The van der Waals surface area contributed by atoms with E-state index in [1.165, 1.54) is 7.11 Å². The Morgan fingerprint density at radius 3 is 2.67 bits per heavy atom. The fraction of sp³-hybridized carbons (Fsp3) is 0.562. The molecule has 1 aromatic heterocycles. The highest BCUT2D eigenvalue weighted by atomic mass is 16.5. The number of hydrogen-bond acceptors (Lipinski definition) is 4. The second-order valence-corrected chi connectivity index (χ2v) is 5.45. The van der Waals surface area contributed by atoms with Gasteiger partial charge in [0, 0.05) is 18.3 Å². The van der Waals surface area contributed by atoms with E-state index in [4.69, 9.17) is 4.74 Å². The average molecular weight is 292 g/mol. The van der Waals surface area contributed by atoms with Crippen molar-refractivity contribution in [3.63, 3.8) is 0 Å². The van der Waals surface area contributed by atoms with Crippen molar-refractivity contribution in [2.24, 2.45) is 5.92 Å². The van der Waals surface area contributed by atoms with Crippen LogP contribution < -0.4 is 5.32 Å². The molecule has 1 aromatic rings. The van der Waals surface area contributed by atoms with Crippen LogP contribution in [0.2, 0.25) is 0 Å². The van der Waals surface area contributed by atoms with E-state index in [1.807, 2.05) is 32.0 Å². The van der Waals surface area contributed by atoms with E-state index >= 15 is 0 Å². The van der Waals surface area contributed by atoms with Crippen LogP contribution in [0.4, 0.5) is 0 Å². The number of nitrogens with zero attached hydrogens (tertiary/aromatic N) is 1. The molecule has 0 saturated heterocycles. The van der Waals surface area contributed by atoms with Crippen molar-refractivity contribution >= 4 is 11.9 Å². The zero-order valence-electron chi connectivity index (χ0n) is 13.0. The first-order valence-electron chi connectivity index (χ1n) is 7.30. The number of aryl methyl sites for hydroxylation is 1. The summed E-state index contributed by atoms with van der Waals surface area (Å²) in [6, 6.07) is 5.17. The summed E-state index contributed by atoms with van der Waals surface area (Å²) in [5.74, 6) is -0.202. The molecule has 0 aliphatic heterocycles. The Labute approximate surface area is 126 Å². The SMILES string of the molecule is COC(=O)C(CC(C)C)NC(=O)CCCc1ccccn1. The fourth-order valence-corrected chi connectivity index (χ4v) is 2.07. The first kappa shape index (κ1) is 17.1. The second kappa shape index (κ2) is 9.10. The van der Waals surface area contributed by atoms with Crippen LogP contribution in [0.25, 0.3) is 0 Å². The third-order valence-corrected chi connectivity index (χ3v) is 3.09. The lowest BCUT2D eigenvalue weighted by molar-refractivity contribution is -0.145. The quantitative estimate of drug-likeness (QED) is 0.745. The predicted octanol–water partition coefficient (Wildman–Crippen LogP) is 2.11. The number of amides is 1. The number of carbonyl (C=O) groups is 2. The number of ether oxygens (including phenoxy) is 1. The zero-order valence-corrected chi connectivity index (χ0v) is 13.0. The molecule has 0 fully saturated rings. The Morgan fingerprint density at radius 2 is 2.10 bits per heavy atom. The smallest absolute Gasteiger partial charge is 0.328 e. The number of nitrogens with one attached hydrogen (secondary N) is 1. The van der Waals surface area contributed by atoms with Gasteiger partial charge in [0.1, 0.15) is 6.04 Å². The zero-order chi connectivity index (χ0) is 15.7. The van der Waals surface area contributed by atoms with Crippen molar-refractivity contribution in [3.05, 3.63) is 30.1 Å². The van der Waals surface area contributed by atoms with Crippen molar-refractivity contribution in [1.82, 2.24) is 10.3 Å². The maximum absolute atomic E-state index is 11.9. The van der Waals surface area contributed by atoms with Crippen LogP contribution in [0.3, 0.4) is 0 Å². The largest absolute Gasteiger partial charge is 0.467 e. The fourth-order valence-electron chi connectivity index (χ4n) is 2.07. The number of rotatable bonds is 8. The molecule has 1 amide bonds. The Balaban J connectivity index is 2.37. The van der Waals surface area contributed by atoms with E-state index in [-0.39, 0.29) is 11.9 Å².